The lowest BCUT2D eigenvalue weighted by atomic mass is 10.2. The largest absolute Gasteiger partial charge is 0.416 e. The van der Waals surface area contributed by atoms with Gasteiger partial charge < -0.3 is 5.32 Å². The molecule has 0 fully saturated rings. The number of nitrogens with one attached hydrogen (secondary N) is 1. The van der Waals surface area contributed by atoms with Crippen molar-refractivity contribution < 1.29 is 13.2 Å². The SMILES string of the molecule is CNc1cc(C(F)(F)F)cc(Sc2ccc(C)cc2)n1. The third kappa shape index (κ3) is 3.66. The molecule has 0 saturated heterocycles. The summed E-state index contributed by atoms with van der Waals surface area (Å²) in [5, 5.41) is 2.96. The van der Waals surface area contributed by atoms with Crippen LogP contribution in [-0.2, 0) is 6.18 Å². The van der Waals surface area contributed by atoms with Crippen molar-refractivity contribution in [2.75, 3.05) is 12.4 Å². The normalized spacial score (nSPS) is 11.4. The average molecular weight is 298 g/mol. The van der Waals surface area contributed by atoms with E-state index in [9.17, 15) is 13.2 Å². The molecule has 0 aliphatic heterocycles. The Morgan fingerprint density at radius 2 is 1.75 bits per heavy atom. The van der Waals surface area contributed by atoms with E-state index in [2.05, 4.69) is 10.3 Å². The second-order valence-corrected chi connectivity index (χ2v) is 5.34. The minimum absolute atomic E-state index is 0.203. The maximum atomic E-state index is 12.8. The number of hydrogen-bond acceptors (Lipinski definition) is 3. The van der Waals surface area contributed by atoms with Crippen LogP contribution in [0.2, 0.25) is 0 Å². The molecule has 6 heteroatoms. The minimum Gasteiger partial charge on any atom is -0.373 e. The van der Waals surface area contributed by atoms with Gasteiger partial charge >= 0.3 is 6.18 Å². The summed E-state index contributed by atoms with van der Waals surface area (Å²) in [4.78, 5) is 4.99. The second-order valence-electron chi connectivity index (χ2n) is 4.24. The van der Waals surface area contributed by atoms with Gasteiger partial charge in [-0.1, -0.05) is 29.5 Å². The van der Waals surface area contributed by atoms with Crippen molar-refractivity contribution in [1.82, 2.24) is 4.98 Å². The molecule has 0 amide bonds. The number of aromatic nitrogens is 1. The van der Waals surface area contributed by atoms with Gasteiger partial charge in [-0.05, 0) is 31.2 Å². The van der Waals surface area contributed by atoms with Gasteiger partial charge in [-0.3, -0.25) is 0 Å². The molecule has 0 unspecified atom stereocenters. The van der Waals surface area contributed by atoms with Crippen molar-refractivity contribution in [3.05, 3.63) is 47.5 Å². The number of aryl methyl sites for hydroxylation is 1. The van der Waals surface area contributed by atoms with E-state index in [1.807, 2.05) is 31.2 Å². The van der Waals surface area contributed by atoms with E-state index >= 15 is 0 Å². The molecular formula is C14H13F3N2S. The number of alkyl halides is 3. The van der Waals surface area contributed by atoms with Gasteiger partial charge in [0.1, 0.15) is 10.8 Å². The van der Waals surface area contributed by atoms with Crippen molar-refractivity contribution in [3.8, 4) is 0 Å². The predicted molar refractivity (Wildman–Crippen MR) is 74.1 cm³/mol. The first-order valence-electron chi connectivity index (χ1n) is 5.90. The maximum Gasteiger partial charge on any atom is 0.416 e. The zero-order valence-corrected chi connectivity index (χ0v) is 11.8. The van der Waals surface area contributed by atoms with Crippen molar-refractivity contribution >= 4 is 17.6 Å². The van der Waals surface area contributed by atoms with E-state index < -0.39 is 11.7 Å². The smallest absolute Gasteiger partial charge is 0.373 e. The van der Waals surface area contributed by atoms with Crippen molar-refractivity contribution in [3.63, 3.8) is 0 Å². The van der Waals surface area contributed by atoms with Gasteiger partial charge in [-0.2, -0.15) is 13.2 Å². The zero-order chi connectivity index (χ0) is 14.8. The van der Waals surface area contributed by atoms with Crippen LogP contribution in [-0.4, -0.2) is 12.0 Å². The highest BCUT2D eigenvalue weighted by Gasteiger charge is 2.31. The summed E-state index contributed by atoms with van der Waals surface area (Å²) in [6, 6.07) is 9.61. The monoisotopic (exact) mass is 298 g/mol. The molecule has 1 heterocycles. The number of anilines is 1. The lowest BCUT2D eigenvalue weighted by molar-refractivity contribution is -0.137. The Bertz CT molecular complexity index is 594. The van der Waals surface area contributed by atoms with E-state index in [4.69, 9.17) is 0 Å². The van der Waals surface area contributed by atoms with Gasteiger partial charge in [-0.25, -0.2) is 4.98 Å². The summed E-state index contributed by atoms with van der Waals surface area (Å²) in [6.07, 6.45) is -4.38. The minimum atomic E-state index is -4.38. The van der Waals surface area contributed by atoms with Crippen LogP contribution in [0.5, 0.6) is 0 Å². The lowest BCUT2D eigenvalue weighted by Gasteiger charge is -2.11. The molecule has 2 aromatic rings. The van der Waals surface area contributed by atoms with Gasteiger partial charge in [0.05, 0.1) is 5.56 Å². The molecule has 2 rings (SSSR count). The van der Waals surface area contributed by atoms with E-state index in [1.165, 1.54) is 11.8 Å². The molecule has 0 radical (unpaired) electrons. The molecule has 1 aromatic heterocycles. The van der Waals surface area contributed by atoms with Gasteiger partial charge in [0.15, 0.2) is 0 Å². The third-order valence-electron chi connectivity index (χ3n) is 2.63. The Hall–Kier alpha value is -1.69. The standard InChI is InChI=1S/C14H13F3N2S/c1-9-3-5-11(6-4-9)20-13-8-10(14(15,16)17)7-12(18-2)19-13/h3-8H,1-2H3,(H,18,19). The first-order valence-corrected chi connectivity index (χ1v) is 6.71. The summed E-state index contributed by atoms with van der Waals surface area (Å²) >= 11 is 1.20. The molecule has 0 aliphatic rings. The molecule has 0 bridgehead atoms. The first kappa shape index (κ1) is 14.7. The molecule has 0 atom stereocenters. The molecule has 1 aromatic carbocycles. The Morgan fingerprint density at radius 3 is 2.30 bits per heavy atom. The Morgan fingerprint density at radius 1 is 1.10 bits per heavy atom. The molecular weight excluding hydrogens is 285 g/mol. The fourth-order valence-corrected chi connectivity index (χ4v) is 2.42. The van der Waals surface area contributed by atoms with Crippen LogP contribution in [0.25, 0.3) is 0 Å². The maximum absolute atomic E-state index is 12.8. The Kier molecular flexibility index (Phi) is 4.23. The van der Waals surface area contributed by atoms with Gasteiger partial charge in [0.25, 0.3) is 0 Å². The third-order valence-corrected chi connectivity index (χ3v) is 3.55. The fraction of sp³-hybridized carbons (Fsp3) is 0.214. The van der Waals surface area contributed by atoms with Crippen LogP contribution in [0.4, 0.5) is 19.0 Å². The number of benzene rings is 1. The Labute approximate surface area is 119 Å². The van der Waals surface area contributed by atoms with Crippen LogP contribution in [0.1, 0.15) is 11.1 Å². The number of nitrogens with zero attached hydrogens (tertiary/aromatic N) is 1. The van der Waals surface area contributed by atoms with Gasteiger partial charge in [-0.15, -0.1) is 0 Å². The Balaban J connectivity index is 2.33. The molecule has 0 aliphatic carbocycles. The van der Waals surface area contributed by atoms with E-state index in [-0.39, 0.29) is 5.82 Å². The highest BCUT2D eigenvalue weighted by Crippen LogP contribution is 2.35. The highest BCUT2D eigenvalue weighted by molar-refractivity contribution is 7.99. The van der Waals surface area contributed by atoms with Gasteiger partial charge in [0.2, 0.25) is 0 Å². The molecule has 20 heavy (non-hydrogen) atoms. The van der Waals surface area contributed by atoms with Crippen LogP contribution in [0.15, 0.2) is 46.3 Å². The summed E-state index contributed by atoms with van der Waals surface area (Å²) < 4.78 is 38.4. The molecule has 2 nitrogen and oxygen atoms in total. The summed E-state index contributed by atoms with van der Waals surface area (Å²) in [5.41, 5.74) is 0.397. The van der Waals surface area contributed by atoms with Crippen molar-refractivity contribution in [2.24, 2.45) is 0 Å². The zero-order valence-electron chi connectivity index (χ0n) is 11.0. The number of halogens is 3. The summed E-state index contributed by atoms with van der Waals surface area (Å²) in [6.45, 7) is 1.95. The predicted octanol–water partition coefficient (Wildman–Crippen LogP) is 4.60. The van der Waals surface area contributed by atoms with Crippen molar-refractivity contribution in [2.45, 2.75) is 23.0 Å². The van der Waals surface area contributed by atoms with Crippen LogP contribution in [0, 0.1) is 6.92 Å². The summed E-state index contributed by atoms with van der Waals surface area (Å²) in [5.74, 6) is 0.203. The second kappa shape index (κ2) is 5.75. The topological polar surface area (TPSA) is 24.9 Å². The molecule has 0 saturated carbocycles. The van der Waals surface area contributed by atoms with E-state index in [0.717, 1.165) is 22.6 Å². The molecule has 0 spiro atoms. The number of rotatable bonds is 3. The summed E-state index contributed by atoms with van der Waals surface area (Å²) in [7, 11) is 1.54. The number of pyridine rings is 1. The number of hydrogen-bond donors (Lipinski definition) is 1. The van der Waals surface area contributed by atoms with Crippen LogP contribution in [0.3, 0.4) is 0 Å². The van der Waals surface area contributed by atoms with E-state index in [0.29, 0.717) is 5.03 Å². The van der Waals surface area contributed by atoms with E-state index in [1.54, 1.807) is 7.05 Å². The molecule has 106 valence electrons. The average Bonchev–Trinajstić information content (AvgIpc) is 2.40. The lowest BCUT2D eigenvalue weighted by Crippen LogP contribution is -2.07. The van der Waals surface area contributed by atoms with Crippen LogP contribution < -0.4 is 5.32 Å². The van der Waals surface area contributed by atoms with Crippen LogP contribution >= 0.6 is 11.8 Å². The first-order chi connectivity index (χ1) is 9.38. The highest BCUT2D eigenvalue weighted by atomic mass is 32.2. The molecule has 1 N–H and O–H groups in total. The fourth-order valence-electron chi connectivity index (χ4n) is 1.58. The quantitative estimate of drug-likeness (QED) is 0.896. The van der Waals surface area contributed by atoms with Gasteiger partial charge in [0, 0.05) is 11.9 Å². The van der Waals surface area contributed by atoms with Crippen molar-refractivity contribution in [1.29, 1.82) is 0 Å².